The first-order valence-electron chi connectivity index (χ1n) is 6.30. The molecule has 0 spiro atoms. The van der Waals surface area contributed by atoms with E-state index < -0.39 is 0 Å². The SMILES string of the molecule is c1ccc([C@@H]2CCc3ccccc3NC2)cc1. The average Bonchev–Trinajstić information content (AvgIpc) is 2.62. The van der Waals surface area contributed by atoms with Crippen molar-refractivity contribution in [3.05, 3.63) is 65.7 Å². The van der Waals surface area contributed by atoms with Gasteiger partial charge in [0.2, 0.25) is 0 Å². The second-order valence-corrected chi connectivity index (χ2v) is 4.68. The van der Waals surface area contributed by atoms with Gasteiger partial charge in [0, 0.05) is 18.2 Å². The summed E-state index contributed by atoms with van der Waals surface area (Å²) >= 11 is 0. The molecule has 17 heavy (non-hydrogen) atoms. The molecule has 1 atom stereocenters. The number of para-hydroxylation sites is 1. The van der Waals surface area contributed by atoms with Gasteiger partial charge in [-0.3, -0.25) is 0 Å². The van der Waals surface area contributed by atoms with Crippen molar-refractivity contribution in [3.8, 4) is 0 Å². The summed E-state index contributed by atoms with van der Waals surface area (Å²) in [5.74, 6) is 0.628. The average molecular weight is 223 g/mol. The van der Waals surface area contributed by atoms with E-state index in [0.29, 0.717) is 5.92 Å². The highest BCUT2D eigenvalue weighted by Crippen LogP contribution is 2.28. The van der Waals surface area contributed by atoms with Gasteiger partial charge in [0.05, 0.1) is 0 Å². The van der Waals surface area contributed by atoms with Gasteiger partial charge in [0.25, 0.3) is 0 Å². The fraction of sp³-hybridized carbons (Fsp3) is 0.250. The number of fused-ring (bicyclic) bond motifs is 1. The predicted molar refractivity (Wildman–Crippen MR) is 72.4 cm³/mol. The van der Waals surface area contributed by atoms with Crippen LogP contribution < -0.4 is 5.32 Å². The predicted octanol–water partition coefficient (Wildman–Crippen LogP) is 3.83. The third-order valence-corrected chi connectivity index (χ3v) is 3.59. The van der Waals surface area contributed by atoms with Crippen molar-refractivity contribution in [3.63, 3.8) is 0 Å². The van der Waals surface area contributed by atoms with Crippen molar-refractivity contribution < 1.29 is 0 Å². The third kappa shape index (κ3) is 2.19. The number of nitrogens with one attached hydrogen (secondary N) is 1. The van der Waals surface area contributed by atoms with Gasteiger partial charge < -0.3 is 5.32 Å². The summed E-state index contributed by atoms with van der Waals surface area (Å²) in [4.78, 5) is 0. The molecule has 3 rings (SSSR count). The Morgan fingerprint density at radius 3 is 2.53 bits per heavy atom. The molecule has 1 heterocycles. The minimum atomic E-state index is 0.628. The van der Waals surface area contributed by atoms with E-state index in [9.17, 15) is 0 Å². The molecule has 0 aromatic heterocycles. The smallest absolute Gasteiger partial charge is 0.0372 e. The molecule has 86 valence electrons. The first-order chi connectivity index (χ1) is 8.43. The van der Waals surface area contributed by atoms with Crippen LogP contribution in [0.15, 0.2) is 54.6 Å². The summed E-state index contributed by atoms with van der Waals surface area (Å²) in [5.41, 5.74) is 4.21. The van der Waals surface area contributed by atoms with Gasteiger partial charge in [-0.25, -0.2) is 0 Å². The highest BCUT2D eigenvalue weighted by molar-refractivity contribution is 5.52. The van der Waals surface area contributed by atoms with Crippen LogP contribution in [0.1, 0.15) is 23.5 Å². The Bertz CT molecular complexity index is 463. The topological polar surface area (TPSA) is 12.0 Å². The summed E-state index contributed by atoms with van der Waals surface area (Å²) in [5, 5.41) is 3.57. The summed E-state index contributed by atoms with van der Waals surface area (Å²) in [7, 11) is 0. The Morgan fingerprint density at radius 1 is 0.882 bits per heavy atom. The summed E-state index contributed by atoms with van der Waals surface area (Å²) < 4.78 is 0. The van der Waals surface area contributed by atoms with Crippen molar-refractivity contribution in [2.45, 2.75) is 18.8 Å². The van der Waals surface area contributed by atoms with E-state index in [-0.39, 0.29) is 0 Å². The molecule has 0 radical (unpaired) electrons. The molecule has 1 N–H and O–H groups in total. The summed E-state index contributed by atoms with van der Waals surface area (Å²) in [6.45, 7) is 1.04. The van der Waals surface area contributed by atoms with Crippen molar-refractivity contribution in [2.75, 3.05) is 11.9 Å². The van der Waals surface area contributed by atoms with Crippen LogP contribution in [0.25, 0.3) is 0 Å². The molecular formula is C16H17N. The van der Waals surface area contributed by atoms with Crippen molar-refractivity contribution in [2.24, 2.45) is 0 Å². The highest BCUT2D eigenvalue weighted by atomic mass is 14.9. The molecule has 1 heteroatoms. The lowest BCUT2D eigenvalue weighted by molar-refractivity contribution is 0.665. The Kier molecular flexibility index (Phi) is 2.83. The van der Waals surface area contributed by atoms with E-state index >= 15 is 0 Å². The lowest BCUT2D eigenvalue weighted by atomic mass is 9.94. The largest absolute Gasteiger partial charge is 0.384 e. The molecular weight excluding hydrogens is 206 g/mol. The molecule has 0 aliphatic carbocycles. The lowest BCUT2D eigenvalue weighted by Gasteiger charge is -2.14. The van der Waals surface area contributed by atoms with Gasteiger partial charge in [-0.15, -0.1) is 0 Å². The van der Waals surface area contributed by atoms with E-state index in [4.69, 9.17) is 0 Å². The first-order valence-corrected chi connectivity index (χ1v) is 6.30. The standard InChI is InChI=1S/C16H17N/c1-2-6-13(7-3-1)15-11-10-14-8-4-5-9-16(14)17-12-15/h1-9,15,17H,10-12H2/t15-/m1/s1. The van der Waals surface area contributed by atoms with Crippen molar-refractivity contribution >= 4 is 5.69 Å². The summed E-state index contributed by atoms with van der Waals surface area (Å²) in [6, 6.07) is 19.5. The Morgan fingerprint density at radius 2 is 1.65 bits per heavy atom. The Labute approximate surface area is 102 Å². The van der Waals surface area contributed by atoms with Gasteiger partial charge in [0.15, 0.2) is 0 Å². The Hall–Kier alpha value is -1.76. The fourth-order valence-electron chi connectivity index (χ4n) is 2.59. The van der Waals surface area contributed by atoms with Crippen LogP contribution in [0.4, 0.5) is 5.69 Å². The molecule has 0 bridgehead atoms. The van der Waals surface area contributed by atoms with E-state index in [0.717, 1.165) is 6.54 Å². The normalized spacial score (nSPS) is 18.9. The first kappa shape index (κ1) is 10.4. The molecule has 0 saturated carbocycles. The Balaban J connectivity index is 1.82. The fourth-order valence-corrected chi connectivity index (χ4v) is 2.59. The van der Waals surface area contributed by atoms with Crippen LogP contribution in [0, 0.1) is 0 Å². The van der Waals surface area contributed by atoms with Crippen LogP contribution in [0.5, 0.6) is 0 Å². The second-order valence-electron chi connectivity index (χ2n) is 4.68. The quantitative estimate of drug-likeness (QED) is 0.774. The maximum absolute atomic E-state index is 3.57. The van der Waals surface area contributed by atoms with E-state index in [2.05, 4.69) is 59.9 Å². The van der Waals surface area contributed by atoms with Gasteiger partial charge in [-0.05, 0) is 30.0 Å². The zero-order valence-corrected chi connectivity index (χ0v) is 9.89. The van der Waals surface area contributed by atoms with Crippen molar-refractivity contribution in [1.82, 2.24) is 0 Å². The molecule has 2 aromatic carbocycles. The molecule has 0 fully saturated rings. The van der Waals surface area contributed by atoms with Crippen LogP contribution >= 0.6 is 0 Å². The maximum Gasteiger partial charge on any atom is 0.0372 e. The number of benzene rings is 2. The van der Waals surface area contributed by atoms with Crippen LogP contribution in [0.2, 0.25) is 0 Å². The minimum Gasteiger partial charge on any atom is -0.384 e. The molecule has 0 saturated heterocycles. The number of hydrogen-bond acceptors (Lipinski definition) is 1. The lowest BCUT2D eigenvalue weighted by Crippen LogP contribution is -2.10. The van der Waals surface area contributed by atoms with Crippen LogP contribution in [0.3, 0.4) is 0 Å². The number of hydrogen-bond donors (Lipinski definition) is 1. The van der Waals surface area contributed by atoms with Gasteiger partial charge in [-0.2, -0.15) is 0 Å². The molecule has 1 aliphatic heterocycles. The molecule has 0 amide bonds. The molecule has 0 unspecified atom stereocenters. The number of aryl methyl sites for hydroxylation is 1. The number of anilines is 1. The van der Waals surface area contributed by atoms with Crippen molar-refractivity contribution in [1.29, 1.82) is 0 Å². The van der Waals surface area contributed by atoms with Gasteiger partial charge in [-0.1, -0.05) is 48.5 Å². The minimum absolute atomic E-state index is 0.628. The maximum atomic E-state index is 3.57. The highest BCUT2D eigenvalue weighted by Gasteiger charge is 2.16. The van der Waals surface area contributed by atoms with Gasteiger partial charge >= 0.3 is 0 Å². The zero-order chi connectivity index (χ0) is 11.5. The van der Waals surface area contributed by atoms with E-state index in [1.54, 1.807) is 0 Å². The number of rotatable bonds is 1. The van der Waals surface area contributed by atoms with E-state index in [1.165, 1.54) is 29.7 Å². The van der Waals surface area contributed by atoms with Gasteiger partial charge in [0.1, 0.15) is 0 Å². The van der Waals surface area contributed by atoms with Crippen LogP contribution in [-0.2, 0) is 6.42 Å². The molecule has 2 aromatic rings. The monoisotopic (exact) mass is 223 g/mol. The van der Waals surface area contributed by atoms with Crippen LogP contribution in [-0.4, -0.2) is 6.54 Å². The molecule has 1 aliphatic rings. The summed E-state index contributed by atoms with van der Waals surface area (Å²) in [6.07, 6.45) is 2.40. The second kappa shape index (κ2) is 4.62. The third-order valence-electron chi connectivity index (χ3n) is 3.59. The zero-order valence-electron chi connectivity index (χ0n) is 9.89. The molecule has 1 nitrogen and oxygen atoms in total. The van der Waals surface area contributed by atoms with E-state index in [1.807, 2.05) is 0 Å².